The molecule has 150 valence electrons. The smallest absolute Gasteiger partial charge is 0.409 e. The van der Waals surface area contributed by atoms with Crippen LogP contribution < -0.4 is 9.47 Å². The molecule has 3 heterocycles. The first kappa shape index (κ1) is 18.5. The van der Waals surface area contributed by atoms with Crippen LogP contribution in [-0.2, 0) is 20.9 Å². The number of piperazine rings is 1. The number of amides is 3. The molecular formula is C19H23N3O6. The van der Waals surface area contributed by atoms with E-state index in [1.807, 2.05) is 11.0 Å². The van der Waals surface area contributed by atoms with E-state index >= 15 is 0 Å². The first-order chi connectivity index (χ1) is 13.6. The SMILES string of the molecule is CCOC(=O)N1CCN([C@H]2CC(=O)N(Cc3ccc4c(c3)OCO4)C2=O)CC1. The van der Waals surface area contributed by atoms with Crippen molar-refractivity contribution in [3.8, 4) is 11.5 Å². The van der Waals surface area contributed by atoms with E-state index in [0.29, 0.717) is 44.3 Å². The minimum Gasteiger partial charge on any atom is -0.454 e. The third kappa shape index (κ3) is 3.49. The summed E-state index contributed by atoms with van der Waals surface area (Å²) < 4.78 is 15.7. The number of carbonyl (C=O) groups excluding carboxylic acids is 3. The van der Waals surface area contributed by atoms with Gasteiger partial charge in [0.05, 0.1) is 25.6 Å². The summed E-state index contributed by atoms with van der Waals surface area (Å²) in [4.78, 5) is 42.1. The van der Waals surface area contributed by atoms with E-state index in [9.17, 15) is 14.4 Å². The Bertz CT molecular complexity index is 790. The molecule has 0 unspecified atom stereocenters. The maximum absolute atomic E-state index is 12.9. The van der Waals surface area contributed by atoms with E-state index < -0.39 is 6.04 Å². The van der Waals surface area contributed by atoms with Crippen LogP contribution >= 0.6 is 0 Å². The van der Waals surface area contributed by atoms with E-state index in [0.717, 1.165) is 5.56 Å². The summed E-state index contributed by atoms with van der Waals surface area (Å²) in [6.45, 7) is 4.56. The number of likely N-dealkylation sites (tertiary alicyclic amines) is 1. The molecule has 9 nitrogen and oxygen atoms in total. The van der Waals surface area contributed by atoms with Gasteiger partial charge in [0.1, 0.15) is 0 Å². The molecule has 1 aromatic carbocycles. The molecule has 0 aromatic heterocycles. The highest BCUT2D eigenvalue weighted by atomic mass is 16.7. The minimum atomic E-state index is -0.467. The lowest BCUT2D eigenvalue weighted by Crippen LogP contribution is -2.53. The van der Waals surface area contributed by atoms with Gasteiger partial charge in [-0.25, -0.2) is 4.79 Å². The van der Waals surface area contributed by atoms with Crippen LogP contribution in [0.3, 0.4) is 0 Å². The summed E-state index contributed by atoms with van der Waals surface area (Å²) in [5.74, 6) is 0.927. The van der Waals surface area contributed by atoms with Crippen molar-refractivity contribution in [1.82, 2.24) is 14.7 Å². The van der Waals surface area contributed by atoms with E-state index in [1.54, 1.807) is 24.0 Å². The Morgan fingerprint density at radius 1 is 1.14 bits per heavy atom. The van der Waals surface area contributed by atoms with Crippen molar-refractivity contribution in [2.24, 2.45) is 0 Å². The Balaban J connectivity index is 1.37. The maximum Gasteiger partial charge on any atom is 0.409 e. The predicted octanol–water partition coefficient (Wildman–Crippen LogP) is 0.817. The zero-order valence-corrected chi connectivity index (χ0v) is 15.8. The maximum atomic E-state index is 12.9. The molecule has 1 aromatic rings. The fourth-order valence-corrected chi connectivity index (χ4v) is 3.77. The van der Waals surface area contributed by atoms with Gasteiger partial charge in [-0.1, -0.05) is 6.07 Å². The molecule has 1 atom stereocenters. The van der Waals surface area contributed by atoms with E-state index in [4.69, 9.17) is 14.2 Å². The lowest BCUT2D eigenvalue weighted by atomic mass is 10.1. The van der Waals surface area contributed by atoms with Crippen molar-refractivity contribution in [2.75, 3.05) is 39.6 Å². The number of carbonyl (C=O) groups is 3. The fourth-order valence-electron chi connectivity index (χ4n) is 3.77. The van der Waals surface area contributed by atoms with Gasteiger partial charge in [0.15, 0.2) is 11.5 Å². The Morgan fingerprint density at radius 3 is 2.64 bits per heavy atom. The van der Waals surface area contributed by atoms with Crippen LogP contribution in [0.1, 0.15) is 18.9 Å². The number of ether oxygens (including phenoxy) is 3. The fraction of sp³-hybridized carbons (Fsp3) is 0.526. The standard InChI is InChI=1S/C19H23N3O6/c1-2-26-19(25)21-7-5-20(6-8-21)14-10-17(23)22(18(14)24)11-13-3-4-15-16(9-13)28-12-27-15/h3-4,9,14H,2,5-8,10-12H2,1H3/t14-/m0/s1. The monoisotopic (exact) mass is 389 g/mol. The summed E-state index contributed by atoms with van der Waals surface area (Å²) in [6, 6.07) is 4.95. The number of benzene rings is 1. The highest BCUT2D eigenvalue weighted by Crippen LogP contribution is 2.33. The molecule has 0 saturated carbocycles. The van der Waals surface area contributed by atoms with Crippen molar-refractivity contribution < 1.29 is 28.6 Å². The van der Waals surface area contributed by atoms with Crippen LogP contribution in [0.4, 0.5) is 4.79 Å². The number of hydrogen-bond donors (Lipinski definition) is 0. The van der Waals surface area contributed by atoms with Gasteiger partial charge in [0.25, 0.3) is 0 Å². The van der Waals surface area contributed by atoms with Gasteiger partial charge in [-0.15, -0.1) is 0 Å². The Hall–Kier alpha value is -2.81. The summed E-state index contributed by atoms with van der Waals surface area (Å²) in [6.07, 6.45) is -0.164. The first-order valence-corrected chi connectivity index (χ1v) is 9.45. The van der Waals surface area contributed by atoms with Gasteiger partial charge in [-0.2, -0.15) is 0 Å². The van der Waals surface area contributed by atoms with Gasteiger partial charge in [-0.05, 0) is 24.6 Å². The predicted molar refractivity (Wildman–Crippen MR) is 96.7 cm³/mol. The van der Waals surface area contributed by atoms with Gasteiger partial charge >= 0.3 is 6.09 Å². The second kappa shape index (κ2) is 7.67. The molecule has 2 fully saturated rings. The Morgan fingerprint density at radius 2 is 1.89 bits per heavy atom. The molecule has 0 aliphatic carbocycles. The van der Waals surface area contributed by atoms with Crippen LogP contribution in [0, 0.1) is 0 Å². The van der Waals surface area contributed by atoms with Gasteiger partial charge in [-0.3, -0.25) is 19.4 Å². The summed E-state index contributed by atoms with van der Waals surface area (Å²) >= 11 is 0. The minimum absolute atomic E-state index is 0.169. The molecule has 4 rings (SSSR count). The third-order valence-corrected chi connectivity index (χ3v) is 5.28. The number of nitrogens with zero attached hydrogens (tertiary/aromatic N) is 3. The molecule has 0 N–H and O–H groups in total. The number of hydrogen-bond acceptors (Lipinski definition) is 7. The Kier molecular flexibility index (Phi) is 5.08. The summed E-state index contributed by atoms with van der Waals surface area (Å²) in [5, 5.41) is 0. The van der Waals surface area contributed by atoms with E-state index in [2.05, 4.69) is 0 Å². The van der Waals surface area contributed by atoms with Crippen LogP contribution in [-0.4, -0.2) is 78.2 Å². The molecule has 0 bridgehead atoms. The molecule has 0 spiro atoms. The van der Waals surface area contributed by atoms with Crippen LogP contribution in [0.25, 0.3) is 0 Å². The molecule has 28 heavy (non-hydrogen) atoms. The highest BCUT2D eigenvalue weighted by molar-refractivity contribution is 6.05. The molecule has 2 saturated heterocycles. The van der Waals surface area contributed by atoms with Crippen LogP contribution in [0.2, 0.25) is 0 Å². The molecule has 3 aliphatic rings. The second-order valence-electron chi connectivity index (χ2n) is 6.95. The molecular weight excluding hydrogens is 366 g/mol. The quantitative estimate of drug-likeness (QED) is 0.705. The van der Waals surface area contributed by atoms with Crippen molar-refractivity contribution in [2.45, 2.75) is 25.9 Å². The zero-order valence-electron chi connectivity index (χ0n) is 15.8. The lowest BCUT2D eigenvalue weighted by molar-refractivity contribution is -0.140. The zero-order chi connectivity index (χ0) is 19.7. The molecule has 3 amide bonds. The molecule has 3 aliphatic heterocycles. The third-order valence-electron chi connectivity index (χ3n) is 5.28. The highest BCUT2D eigenvalue weighted by Gasteiger charge is 2.42. The Labute approximate surface area is 162 Å². The van der Waals surface area contributed by atoms with Gasteiger partial charge in [0.2, 0.25) is 18.6 Å². The lowest BCUT2D eigenvalue weighted by Gasteiger charge is -2.36. The number of imide groups is 1. The van der Waals surface area contributed by atoms with Crippen molar-refractivity contribution in [3.05, 3.63) is 23.8 Å². The summed E-state index contributed by atoms with van der Waals surface area (Å²) in [7, 11) is 0. The topological polar surface area (TPSA) is 88.6 Å². The van der Waals surface area contributed by atoms with Gasteiger partial charge < -0.3 is 19.1 Å². The van der Waals surface area contributed by atoms with Crippen molar-refractivity contribution in [3.63, 3.8) is 0 Å². The largest absolute Gasteiger partial charge is 0.454 e. The van der Waals surface area contributed by atoms with E-state index in [-0.39, 0.29) is 37.7 Å². The van der Waals surface area contributed by atoms with Crippen molar-refractivity contribution in [1.29, 1.82) is 0 Å². The van der Waals surface area contributed by atoms with E-state index in [1.165, 1.54) is 4.90 Å². The molecule has 9 heteroatoms. The van der Waals surface area contributed by atoms with Crippen LogP contribution in [0.5, 0.6) is 11.5 Å². The van der Waals surface area contributed by atoms with Gasteiger partial charge in [0, 0.05) is 26.2 Å². The van der Waals surface area contributed by atoms with Crippen LogP contribution in [0.15, 0.2) is 18.2 Å². The first-order valence-electron chi connectivity index (χ1n) is 9.45. The number of rotatable bonds is 4. The average Bonchev–Trinajstić information content (AvgIpc) is 3.27. The number of fused-ring (bicyclic) bond motifs is 1. The average molecular weight is 389 g/mol. The second-order valence-corrected chi connectivity index (χ2v) is 6.95. The normalized spacial score (nSPS) is 22.1. The molecule has 0 radical (unpaired) electrons. The van der Waals surface area contributed by atoms with Crippen molar-refractivity contribution >= 4 is 17.9 Å². The summed E-state index contributed by atoms with van der Waals surface area (Å²) in [5.41, 5.74) is 0.818.